The van der Waals surface area contributed by atoms with Gasteiger partial charge in [-0.3, -0.25) is 19.8 Å². The molecule has 7 nitrogen and oxygen atoms in total. The van der Waals surface area contributed by atoms with Crippen molar-refractivity contribution in [2.45, 2.75) is 19.0 Å². The Morgan fingerprint density at radius 1 is 1.20 bits per heavy atom. The highest BCUT2D eigenvalue weighted by molar-refractivity contribution is 6.34. The summed E-state index contributed by atoms with van der Waals surface area (Å²) in [4.78, 5) is 25.3. The lowest BCUT2D eigenvalue weighted by Gasteiger charge is -2.34. The minimum Gasteiger partial charge on any atom is -0.468 e. The van der Waals surface area contributed by atoms with Crippen LogP contribution in [0.3, 0.4) is 0 Å². The van der Waals surface area contributed by atoms with Gasteiger partial charge in [-0.05, 0) is 35.7 Å². The van der Waals surface area contributed by atoms with E-state index in [1.165, 1.54) is 29.3 Å². The number of rotatable bonds is 6. The predicted octanol–water partition coefficient (Wildman–Crippen LogP) is 4.37. The van der Waals surface area contributed by atoms with Gasteiger partial charge in [0, 0.05) is 31.8 Å². The molecular weight excluding hydrogens is 406 g/mol. The van der Waals surface area contributed by atoms with Crippen LogP contribution in [0.1, 0.15) is 33.3 Å². The molecule has 1 aliphatic heterocycles. The molecule has 2 aromatic carbocycles. The number of nitro groups is 1. The van der Waals surface area contributed by atoms with Crippen LogP contribution in [0.2, 0.25) is 5.02 Å². The van der Waals surface area contributed by atoms with Gasteiger partial charge in [-0.25, -0.2) is 0 Å². The van der Waals surface area contributed by atoms with E-state index in [1.807, 2.05) is 24.3 Å². The number of non-ortho nitro benzene ring substituents is 1. The quantitative estimate of drug-likeness (QED) is 0.468. The monoisotopic (exact) mass is 425 g/mol. The van der Waals surface area contributed by atoms with E-state index < -0.39 is 4.92 Å². The number of furan rings is 1. The second kappa shape index (κ2) is 8.69. The van der Waals surface area contributed by atoms with Crippen molar-refractivity contribution in [1.29, 1.82) is 0 Å². The molecule has 0 fully saturated rings. The average Bonchev–Trinajstić information content (AvgIpc) is 3.28. The Morgan fingerprint density at radius 2 is 2.00 bits per heavy atom. The van der Waals surface area contributed by atoms with E-state index in [-0.39, 0.29) is 28.2 Å². The number of carbonyl (C=O) groups is 1. The summed E-state index contributed by atoms with van der Waals surface area (Å²) in [6, 6.07) is 15.8. The molecule has 0 bridgehead atoms. The Bertz CT molecular complexity index is 1070. The van der Waals surface area contributed by atoms with Crippen molar-refractivity contribution in [3.8, 4) is 0 Å². The van der Waals surface area contributed by atoms with Gasteiger partial charge in [0.25, 0.3) is 11.6 Å². The van der Waals surface area contributed by atoms with Crippen LogP contribution in [0.4, 0.5) is 5.69 Å². The number of nitrogens with zero attached hydrogens (tertiary/aromatic N) is 2. The lowest BCUT2D eigenvalue weighted by molar-refractivity contribution is -0.384. The molecule has 0 spiro atoms. The Labute approximate surface area is 178 Å². The van der Waals surface area contributed by atoms with E-state index in [2.05, 4.69) is 22.3 Å². The largest absolute Gasteiger partial charge is 0.468 e. The molecule has 4 rings (SSSR count). The maximum atomic E-state index is 12.7. The highest BCUT2D eigenvalue weighted by atomic mass is 35.5. The topological polar surface area (TPSA) is 88.6 Å². The first-order valence-electron chi connectivity index (χ1n) is 9.59. The maximum absolute atomic E-state index is 12.7. The molecule has 8 heteroatoms. The molecule has 1 aliphatic rings. The van der Waals surface area contributed by atoms with Gasteiger partial charge in [-0.1, -0.05) is 35.9 Å². The van der Waals surface area contributed by atoms with Gasteiger partial charge in [-0.2, -0.15) is 0 Å². The number of nitrogens with one attached hydrogen (secondary N) is 1. The first-order chi connectivity index (χ1) is 14.5. The third-order valence-corrected chi connectivity index (χ3v) is 5.65. The summed E-state index contributed by atoms with van der Waals surface area (Å²) >= 11 is 6.09. The van der Waals surface area contributed by atoms with E-state index in [0.717, 1.165) is 25.3 Å². The van der Waals surface area contributed by atoms with Gasteiger partial charge in [0.1, 0.15) is 5.76 Å². The summed E-state index contributed by atoms with van der Waals surface area (Å²) in [5.74, 6) is 0.383. The first kappa shape index (κ1) is 20.1. The summed E-state index contributed by atoms with van der Waals surface area (Å²) in [5, 5.41) is 13.8. The fourth-order valence-electron chi connectivity index (χ4n) is 3.76. The SMILES string of the molecule is O=C(NCC(c1ccco1)N1CCc2ccccc2C1)c1ccc([N+](=O)[O-])cc1Cl. The van der Waals surface area contributed by atoms with Gasteiger partial charge in [0.2, 0.25) is 0 Å². The van der Waals surface area contributed by atoms with E-state index in [0.29, 0.717) is 6.54 Å². The lowest BCUT2D eigenvalue weighted by Crippen LogP contribution is -2.40. The Kier molecular flexibility index (Phi) is 5.83. The normalized spacial score (nSPS) is 14.7. The maximum Gasteiger partial charge on any atom is 0.270 e. The zero-order valence-electron chi connectivity index (χ0n) is 16.1. The molecule has 1 aromatic heterocycles. The van der Waals surface area contributed by atoms with E-state index in [9.17, 15) is 14.9 Å². The van der Waals surface area contributed by atoms with Crippen molar-refractivity contribution in [3.63, 3.8) is 0 Å². The molecule has 0 saturated carbocycles. The Morgan fingerprint density at radius 3 is 2.70 bits per heavy atom. The smallest absolute Gasteiger partial charge is 0.270 e. The number of nitro benzene ring substituents is 1. The van der Waals surface area contributed by atoms with Crippen LogP contribution in [-0.4, -0.2) is 28.8 Å². The molecule has 1 unspecified atom stereocenters. The van der Waals surface area contributed by atoms with Gasteiger partial charge >= 0.3 is 0 Å². The molecule has 0 radical (unpaired) electrons. The summed E-state index contributed by atoms with van der Waals surface area (Å²) in [7, 11) is 0. The molecule has 1 N–H and O–H groups in total. The van der Waals surface area contributed by atoms with Crippen LogP contribution in [0, 0.1) is 10.1 Å². The third-order valence-electron chi connectivity index (χ3n) is 5.34. The molecule has 0 aliphatic carbocycles. The lowest BCUT2D eigenvalue weighted by atomic mass is 9.98. The van der Waals surface area contributed by atoms with Crippen LogP contribution >= 0.6 is 11.6 Å². The molecular formula is C22H20ClN3O4. The molecule has 30 heavy (non-hydrogen) atoms. The van der Waals surface area contributed by atoms with Crippen molar-refractivity contribution in [2.75, 3.05) is 13.1 Å². The van der Waals surface area contributed by atoms with Crippen LogP contribution in [0.5, 0.6) is 0 Å². The van der Waals surface area contributed by atoms with E-state index in [4.69, 9.17) is 16.0 Å². The number of hydrogen-bond donors (Lipinski definition) is 1. The van der Waals surface area contributed by atoms with Crippen molar-refractivity contribution in [1.82, 2.24) is 10.2 Å². The van der Waals surface area contributed by atoms with Crippen molar-refractivity contribution < 1.29 is 14.1 Å². The van der Waals surface area contributed by atoms with Crippen molar-refractivity contribution >= 4 is 23.2 Å². The number of amides is 1. The number of halogens is 1. The summed E-state index contributed by atoms with van der Waals surface area (Å²) in [5.41, 5.74) is 2.65. The fraction of sp³-hybridized carbons (Fsp3) is 0.227. The average molecular weight is 426 g/mol. The van der Waals surface area contributed by atoms with Crippen LogP contribution in [0.25, 0.3) is 0 Å². The second-order valence-corrected chi connectivity index (χ2v) is 7.56. The summed E-state index contributed by atoms with van der Waals surface area (Å²) in [6.07, 6.45) is 2.55. The molecule has 3 aromatic rings. The minimum atomic E-state index is -0.547. The predicted molar refractivity (Wildman–Crippen MR) is 112 cm³/mol. The van der Waals surface area contributed by atoms with E-state index in [1.54, 1.807) is 6.26 Å². The molecule has 1 atom stereocenters. The van der Waals surface area contributed by atoms with Gasteiger partial charge in [0.05, 0.1) is 27.8 Å². The summed E-state index contributed by atoms with van der Waals surface area (Å²) in [6.45, 7) is 1.92. The zero-order chi connectivity index (χ0) is 21.1. The van der Waals surface area contributed by atoms with Crippen molar-refractivity contribution in [3.05, 3.63) is 98.4 Å². The number of carbonyl (C=O) groups excluding carboxylic acids is 1. The van der Waals surface area contributed by atoms with Crippen LogP contribution < -0.4 is 5.32 Å². The third kappa shape index (κ3) is 4.22. The van der Waals surface area contributed by atoms with Gasteiger partial charge < -0.3 is 9.73 Å². The number of fused-ring (bicyclic) bond motifs is 1. The van der Waals surface area contributed by atoms with Gasteiger partial charge in [0.15, 0.2) is 0 Å². The molecule has 154 valence electrons. The summed E-state index contributed by atoms with van der Waals surface area (Å²) < 4.78 is 5.65. The standard InChI is InChI=1S/C22H20ClN3O4/c23-19-12-17(26(28)29)7-8-18(19)22(27)24-13-20(21-6-3-11-30-21)25-10-9-15-4-1-2-5-16(15)14-25/h1-8,11-12,20H,9-10,13-14H2,(H,24,27). The highest BCUT2D eigenvalue weighted by Crippen LogP contribution is 2.28. The van der Waals surface area contributed by atoms with Crippen LogP contribution in [0.15, 0.2) is 65.3 Å². The fourth-order valence-corrected chi connectivity index (χ4v) is 4.02. The zero-order valence-corrected chi connectivity index (χ0v) is 16.8. The van der Waals surface area contributed by atoms with Crippen LogP contribution in [-0.2, 0) is 13.0 Å². The van der Waals surface area contributed by atoms with Crippen molar-refractivity contribution in [2.24, 2.45) is 0 Å². The minimum absolute atomic E-state index is 0.0446. The number of hydrogen-bond acceptors (Lipinski definition) is 5. The second-order valence-electron chi connectivity index (χ2n) is 7.15. The number of benzene rings is 2. The molecule has 2 heterocycles. The highest BCUT2D eigenvalue weighted by Gasteiger charge is 2.27. The van der Waals surface area contributed by atoms with E-state index >= 15 is 0 Å². The Balaban J connectivity index is 1.50. The Hall–Kier alpha value is -3.16. The first-order valence-corrected chi connectivity index (χ1v) is 9.97. The molecule has 0 saturated heterocycles. The van der Waals surface area contributed by atoms with Gasteiger partial charge in [-0.15, -0.1) is 0 Å². The molecule has 1 amide bonds.